The zero-order valence-electron chi connectivity index (χ0n) is 28.4. The average Bonchev–Trinajstić information content (AvgIpc) is 3.14. The second-order valence-electron chi connectivity index (χ2n) is 12.8. The van der Waals surface area contributed by atoms with Crippen LogP contribution in [0.2, 0.25) is 0 Å². The lowest BCUT2D eigenvalue weighted by atomic mass is 9.97. The van der Waals surface area contributed by atoms with E-state index in [1.165, 1.54) is 37.3 Å². The van der Waals surface area contributed by atoms with Gasteiger partial charge in [-0.05, 0) is 42.8 Å². The highest BCUT2D eigenvalue weighted by Gasteiger charge is 2.51. The van der Waals surface area contributed by atoms with Crippen LogP contribution in [0.5, 0.6) is 40.2 Å². The second-order valence-corrected chi connectivity index (χ2v) is 12.8. The van der Waals surface area contributed by atoms with Gasteiger partial charge in [0, 0.05) is 23.8 Å². The lowest BCUT2D eigenvalue weighted by Crippen LogP contribution is -2.64. The van der Waals surface area contributed by atoms with E-state index in [1.807, 2.05) is 0 Å². The molecular weight excluding hydrogens is 736 g/mol. The van der Waals surface area contributed by atoms with Gasteiger partial charge in [0.1, 0.15) is 71.4 Å². The SMILES string of the molecule is C[C@@H]1O[C@@H](Oc2c(-c3cc(O)c(O)c(O)c3)oc3cc(O)cc(O)c3c2=O)[C@H](O[C@@H]2O[C@H](COC(=O)/C=C/c3ccc(O)cc3)[C@@H](O)[C@H](O)[C@H]2O)[C@H](O)[C@H]1O. The molecule has 0 unspecified atom stereocenters. The maximum Gasteiger partial charge on any atom is 0.330 e. The summed E-state index contributed by atoms with van der Waals surface area (Å²) in [7, 11) is 0. The van der Waals surface area contributed by atoms with E-state index < -0.39 is 131 Å². The third-order valence-electron chi connectivity index (χ3n) is 8.92. The molecule has 0 bridgehead atoms. The Morgan fingerprint density at radius 1 is 0.764 bits per heavy atom. The Morgan fingerprint density at radius 2 is 1.44 bits per heavy atom. The molecule has 4 aromatic rings. The molecule has 0 radical (unpaired) electrons. The van der Waals surface area contributed by atoms with Crippen LogP contribution >= 0.6 is 0 Å². The predicted octanol–water partition coefficient (Wildman–Crippen LogP) is -0.0116. The number of hydrogen-bond donors (Lipinski definition) is 11. The van der Waals surface area contributed by atoms with Crippen molar-refractivity contribution < 1.29 is 89.1 Å². The average molecular weight is 773 g/mol. The second kappa shape index (κ2) is 15.6. The van der Waals surface area contributed by atoms with E-state index in [0.29, 0.717) is 5.56 Å². The van der Waals surface area contributed by atoms with Crippen molar-refractivity contribution in [2.75, 3.05) is 6.61 Å². The Labute approximate surface area is 308 Å². The topological polar surface area (TPSA) is 316 Å². The van der Waals surface area contributed by atoms with Crippen molar-refractivity contribution in [3.63, 3.8) is 0 Å². The van der Waals surface area contributed by atoms with Gasteiger partial charge in [-0.1, -0.05) is 12.1 Å². The third kappa shape index (κ3) is 7.95. The number of hydrogen-bond acceptors (Lipinski definition) is 19. The predicted molar refractivity (Wildman–Crippen MR) is 183 cm³/mol. The molecular formula is C36H36O19. The van der Waals surface area contributed by atoms with Gasteiger partial charge in [0.2, 0.25) is 17.5 Å². The lowest BCUT2D eigenvalue weighted by Gasteiger charge is -2.45. The molecule has 1 aromatic heterocycles. The highest BCUT2D eigenvalue weighted by molar-refractivity contribution is 5.89. The molecule has 2 aliphatic heterocycles. The van der Waals surface area contributed by atoms with Gasteiger partial charge < -0.3 is 84.3 Å². The Hall–Kier alpha value is -5.64. The molecule has 0 spiro atoms. The van der Waals surface area contributed by atoms with Crippen LogP contribution in [-0.4, -0.2) is 130 Å². The van der Waals surface area contributed by atoms with E-state index >= 15 is 0 Å². The maximum absolute atomic E-state index is 13.9. The fourth-order valence-corrected chi connectivity index (χ4v) is 5.94. The molecule has 6 rings (SSSR count). The molecule has 294 valence electrons. The van der Waals surface area contributed by atoms with E-state index in [1.54, 1.807) is 0 Å². The van der Waals surface area contributed by atoms with E-state index in [-0.39, 0.29) is 11.3 Å². The number of aliphatic hydroxyl groups is 5. The molecule has 0 amide bonds. The molecule has 3 aromatic carbocycles. The summed E-state index contributed by atoms with van der Waals surface area (Å²) in [5.41, 5.74) is -1.26. The number of carbonyl (C=O) groups excluding carboxylic acids is 1. The normalized spacial score (nSPS) is 28.3. The fourth-order valence-electron chi connectivity index (χ4n) is 5.94. The van der Waals surface area contributed by atoms with Crippen LogP contribution in [0, 0.1) is 0 Å². The molecule has 2 aliphatic rings. The number of benzene rings is 3. The number of carbonyl (C=O) groups is 1. The Morgan fingerprint density at radius 3 is 2.11 bits per heavy atom. The van der Waals surface area contributed by atoms with Crippen molar-refractivity contribution >= 4 is 23.0 Å². The molecule has 55 heavy (non-hydrogen) atoms. The summed E-state index contributed by atoms with van der Waals surface area (Å²) in [6.07, 6.45) is -15.6. The largest absolute Gasteiger partial charge is 0.508 e. The number of esters is 1. The van der Waals surface area contributed by atoms with Gasteiger partial charge in [0.05, 0.1) is 6.10 Å². The lowest BCUT2D eigenvalue weighted by molar-refractivity contribution is -0.355. The summed E-state index contributed by atoms with van der Waals surface area (Å²) in [6, 6.07) is 9.39. The summed E-state index contributed by atoms with van der Waals surface area (Å²) in [5.74, 6) is -6.18. The molecule has 3 heterocycles. The molecule has 0 aliphatic carbocycles. The highest BCUT2D eigenvalue weighted by atomic mass is 16.8. The summed E-state index contributed by atoms with van der Waals surface area (Å²) < 4.78 is 34.0. The van der Waals surface area contributed by atoms with Crippen molar-refractivity contribution in [2.24, 2.45) is 0 Å². The first-order chi connectivity index (χ1) is 26.0. The van der Waals surface area contributed by atoms with Gasteiger partial charge >= 0.3 is 5.97 Å². The number of phenols is 6. The Balaban J connectivity index is 1.30. The zero-order chi connectivity index (χ0) is 39.9. The fraction of sp³-hybridized carbons (Fsp3) is 0.333. The molecule has 2 saturated heterocycles. The van der Waals surface area contributed by atoms with Crippen molar-refractivity contribution in [1.29, 1.82) is 0 Å². The first-order valence-corrected chi connectivity index (χ1v) is 16.5. The number of aromatic hydroxyl groups is 6. The molecule has 11 N–H and O–H groups in total. The highest BCUT2D eigenvalue weighted by Crippen LogP contribution is 2.43. The summed E-state index contributed by atoms with van der Waals surface area (Å²) in [6.45, 7) is 0.640. The molecule has 2 fully saturated rings. The van der Waals surface area contributed by atoms with Crippen molar-refractivity contribution in [2.45, 2.75) is 68.3 Å². The van der Waals surface area contributed by atoms with E-state index in [2.05, 4.69) is 0 Å². The van der Waals surface area contributed by atoms with Crippen LogP contribution < -0.4 is 10.2 Å². The smallest absolute Gasteiger partial charge is 0.330 e. The van der Waals surface area contributed by atoms with Crippen LogP contribution in [0.1, 0.15) is 12.5 Å². The quantitative estimate of drug-likeness (QED) is 0.0605. The van der Waals surface area contributed by atoms with E-state index in [4.69, 9.17) is 28.1 Å². The third-order valence-corrected chi connectivity index (χ3v) is 8.92. The molecule has 19 nitrogen and oxygen atoms in total. The maximum atomic E-state index is 13.9. The number of ether oxygens (including phenoxy) is 5. The van der Waals surface area contributed by atoms with Gasteiger partial charge in [-0.25, -0.2) is 4.79 Å². The van der Waals surface area contributed by atoms with Crippen LogP contribution in [0.25, 0.3) is 28.4 Å². The molecule has 19 heteroatoms. The number of fused-ring (bicyclic) bond motifs is 1. The van der Waals surface area contributed by atoms with Crippen LogP contribution in [0.15, 0.2) is 63.8 Å². The van der Waals surface area contributed by atoms with Gasteiger partial charge in [-0.15, -0.1) is 0 Å². The van der Waals surface area contributed by atoms with Gasteiger partial charge in [-0.3, -0.25) is 4.79 Å². The first-order valence-electron chi connectivity index (χ1n) is 16.5. The minimum absolute atomic E-state index is 0.0116. The number of aliphatic hydroxyl groups excluding tert-OH is 5. The monoisotopic (exact) mass is 772 g/mol. The van der Waals surface area contributed by atoms with E-state index in [0.717, 1.165) is 30.3 Å². The minimum Gasteiger partial charge on any atom is -0.508 e. The van der Waals surface area contributed by atoms with Crippen molar-refractivity contribution in [3.8, 4) is 51.6 Å². The van der Waals surface area contributed by atoms with Crippen molar-refractivity contribution in [3.05, 3.63) is 70.4 Å². The zero-order valence-corrected chi connectivity index (χ0v) is 28.4. The molecule has 0 saturated carbocycles. The Bertz CT molecular complexity index is 2110. The standard InChI is InChI=1S/C36H36O19/c1-13-25(43)30(48)34(55-35-31(49)29(47)27(45)22(53-35)12-50-23(42)7-4-14-2-5-16(37)6-3-14)36(51-13)54-33-28(46)24-18(39)10-17(38)11-21(24)52-32(33)15-8-19(40)26(44)20(41)9-15/h2-11,13,22,25,27,29-31,34-41,43-45,47-49H,12H2,1H3/b7-4+/t13-,22+,25-,27+,29-,30+,31+,34+,35-,36-/m0/s1. The first kappa shape index (κ1) is 39.1. The van der Waals surface area contributed by atoms with Crippen molar-refractivity contribution in [1.82, 2.24) is 0 Å². The number of phenolic OH excluding ortho intramolecular Hbond substituents is 6. The Kier molecular flexibility index (Phi) is 11.1. The summed E-state index contributed by atoms with van der Waals surface area (Å²) >= 11 is 0. The van der Waals surface area contributed by atoms with Gasteiger partial charge in [0.15, 0.2) is 35.4 Å². The van der Waals surface area contributed by atoms with E-state index in [9.17, 15) is 65.8 Å². The van der Waals surface area contributed by atoms with Crippen LogP contribution in [0.4, 0.5) is 0 Å². The number of rotatable bonds is 9. The van der Waals surface area contributed by atoms with Gasteiger partial charge in [-0.2, -0.15) is 0 Å². The molecule has 10 atom stereocenters. The van der Waals surface area contributed by atoms with Gasteiger partial charge in [0.25, 0.3) is 0 Å². The summed E-state index contributed by atoms with van der Waals surface area (Å²) in [5, 5.41) is 114. The summed E-state index contributed by atoms with van der Waals surface area (Å²) in [4.78, 5) is 26.3. The van der Waals surface area contributed by atoms with Crippen LogP contribution in [0.3, 0.4) is 0 Å². The van der Waals surface area contributed by atoms with Crippen LogP contribution in [-0.2, 0) is 23.7 Å². The minimum atomic E-state index is -2.03.